The van der Waals surface area contributed by atoms with E-state index in [1.807, 2.05) is 13.8 Å². The molecule has 1 rings (SSSR count). The van der Waals surface area contributed by atoms with Crippen LogP contribution in [0.1, 0.15) is 13.8 Å². The number of hydrogen-bond donors (Lipinski definition) is 0. The van der Waals surface area contributed by atoms with Gasteiger partial charge >= 0.3 is 0 Å². The Balaban J connectivity index is 0. The number of hydrogen-bond acceptors (Lipinski definition) is 4. The summed E-state index contributed by atoms with van der Waals surface area (Å²) < 4.78 is 0. The third-order valence-corrected chi connectivity index (χ3v) is 0.967. The highest BCUT2D eigenvalue weighted by atomic mass is 16.6. The molecule has 0 aromatic heterocycles. The fourth-order valence-corrected chi connectivity index (χ4v) is 0.550. The number of benzene rings is 1. The molecule has 0 bridgehead atoms. The van der Waals surface area contributed by atoms with Crippen LogP contribution < -0.4 is 0 Å². The molecular weight excluding hydrogens is 200 g/mol. The number of nitrogens with zero attached hydrogens (tertiary/aromatic N) is 2. The number of non-ortho nitro benzene ring substituents is 1. The van der Waals surface area contributed by atoms with Crippen LogP contribution in [0.4, 0.5) is 5.69 Å². The van der Waals surface area contributed by atoms with Crippen molar-refractivity contribution in [2.24, 2.45) is 0 Å². The van der Waals surface area contributed by atoms with Crippen molar-refractivity contribution in [2.75, 3.05) is 7.05 Å². The summed E-state index contributed by atoms with van der Waals surface area (Å²) in [5.41, 5.74) is 0.137. The first-order valence-electron chi connectivity index (χ1n) is 4.31. The second-order valence-electron chi connectivity index (χ2n) is 2.03. The van der Waals surface area contributed by atoms with E-state index in [1.165, 1.54) is 12.1 Å². The summed E-state index contributed by atoms with van der Waals surface area (Å²) in [7, 11) is 0.889. The second-order valence-corrected chi connectivity index (χ2v) is 2.03. The molecular formula is C9H14N2O4. The minimum absolute atomic E-state index is 0.137. The summed E-state index contributed by atoms with van der Waals surface area (Å²) in [4.78, 5) is 17.9. The zero-order valence-corrected chi connectivity index (χ0v) is 8.91. The van der Waals surface area contributed by atoms with Gasteiger partial charge in [-0.05, 0) is 0 Å². The van der Waals surface area contributed by atoms with E-state index in [0.717, 1.165) is 7.05 Å². The first-order chi connectivity index (χ1) is 7.04. The summed E-state index contributed by atoms with van der Waals surface area (Å²) in [6, 6.07) is 7.93. The highest BCUT2D eigenvalue weighted by molar-refractivity contribution is 5.27. The molecule has 0 unspecified atom stereocenters. The average Bonchev–Trinajstić information content (AvgIpc) is 2.21. The van der Waals surface area contributed by atoms with E-state index in [2.05, 4.69) is 0 Å². The topological polar surface area (TPSA) is 86.3 Å². The van der Waals surface area contributed by atoms with Gasteiger partial charge in [-0.15, -0.1) is 0 Å². The SMILES string of the molecule is CC.C[N+](=O)[O-].O=[N+]([O-])c1ccccc1. The van der Waals surface area contributed by atoms with Crippen LogP contribution in [-0.2, 0) is 0 Å². The number of para-hydroxylation sites is 1. The van der Waals surface area contributed by atoms with Gasteiger partial charge in [0.05, 0.1) is 4.92 Å². The summed E-state index contributed by atoms with van der Waals surface area (Å²) in [5, 5.41) is 18.8. The fraction of sp³-hybridized carbons (Fsp3) is 0.333. The highest BCUT2D eigenvalue weighted by Gasteiger charge is 1.98. The van der Waals surface area contributed by atoms with Crippen molar-refractivity contribution < 1.29 is 9.85 Å². The average molecular weight is 214 g/mol. The summed E-state index contributed by atoms with van der Waals surface area (Å²) in [6.07, 6.45) is 0. The second kappa shape index (κ2) is 10.1. The molecule has 0 N–H and O–H groups in total. The first-order valence-corrected chi connectivity index (χ1v) is 4.31. The van der Waals surface area contributed by atoms with Crippen LogP contribution in [0, 0.1) is 20.2 Å². The Hall–Kier alpha value is -1.98. The van der Waals surface area contributed by atoms with Crippen molar-refractivity contribution in [1.82, 2.24) is 0 Å². The standard InChI is InChI=1S/C6H5NO2.C2H6.CH3NO2/c8-7(9)6-4-2-1-3-5-6;1-2;1-2(3)4/h1-5H;1-2H3;1H3. The molecule has 6 heteroatoms. The number of nitro groups is 2. The molecule has 0 fully saturated rings. The lowest BCUT2D eigenvalue weighted by Gasteiger charge is -1.85. The van der Waals surface area contributed by atoms with E-state index in [1.54, 1.807) is 18.2 Å². The Bertz CT molecular complexity index is 283. The van der Waals surface area contributed by atoms with Crippen molar-refractivity contribution in [1.29, 1.82) is 0 Å². The van der Waals surface area contributed by atoms with E-state index in [4.69, 9.17) is 10.1 Å². The molecule has 0 heterocycles. The third-order valence-electron chi connectivity index (χ3n) is 0.967. The minimum atomic E-state index is -0.500. The summed E-state index contributed by atoms with van der Waals surface area (Å²) >= 11 is 0. The summed E-state index contributed by atoms with van der Waals surface area (Å²) in [5.74, 6) is 0. The number of nitro benzene ring substituents is 1. The molecule has 15 heavy (non-hydrogen) atoms. The molecule has 0 aliphatic rings. The number of rotatable bonds is 1. The van der Waals surface area contributed by atoms with Crippen molar-refractivity contribution in [3.63, 3.8) is 0 Å². The van der Waals surface area contributed by atoms with Gasteiger partial charge in [0.25, 0.3) is 5.69 Å². The third kappa shape index (κ3) is 12.0. The maximum absolute atomic E-state index is 10.0. The Morgan fingerprint density at radius 1 is 1.00 bits per heavy atom. The lowest BCUT2D eigenvalue weighted by atomic mass is 10.3. The van der Waals surface area contributed by atoms with Gasteiger partial charge in [-0.2, -0.15) is 0 Å². The Morgan fingerprint density at radius 2 is 1.33 bits per heavy atom. The zero-order valence-electron chi connectivity index (χ0n) is 8.91. The van der Waals surface area contributed by atoms with Crippen molar-refractivity contribution in [2.45, 2.75) is 13.8 Å². The molecule has 0 amide bonds. The van der Waals surface area contributed by atoms with Crippen molar-refractivity contribution in [3.05, 3.63) is 50.6 Å². The van der Waals surface area contributed by atoms with Gasteiger partial charge in [0.15, 0.2) is 7.05 Å². The fourth-order valence-electron chi connectivity index (χ4n) is 0.550. The molecule has 0 aliphatic heterocycles. The van der Waals surface area contributed by atoms with Gasteiger partial charge in [-0.3, -0.25) is 20.2 Å². The van der Waals surface area contributed by atoms with Gasteiger partial charge in [0, 0.05) is 17.1 Å². The Morgan fingerprint density at radius 3 is 1.53 bits per heavy atom. The normalized spacial score (nSPS) is 7.40. The quantitative estimate of drug-likeness (QED) is 0.530. The Kier molecular flexibility index (Phi) is 10.4. The van der Waals surface area contributed by atoms with Crippen LogP contribution in [0.2, 0.25) is 0 Å². The van der Waals surface area contributed by atoms with E-state index < -0.39 is 9.85 Å². The molecule has 0 radical (unpaired) electrons. The van der Waals surface area contributed by atoms with Crippen LogP contribution in [0.3, 0.4) is 0 Å². The maximum atomic E-state index is 10.0. The van der Waals surface area contributed by atoms with Crippen molar-refractivity contribution in [3.8, 4) is 0 Å². The molecule has 1 aromatic rings. The molecule has 0 saturated heterocycles. The molecule has 6 nitrogen and oxygen atoms in total. The zero-order chi connectivity index (χ0) is 12.3. The van der Waals surface area contributed by atoms with Gasteiger partial charge in [0.1, 0.15) is 0 Å². The molecule has 0 spiro atoms. The lowest BCUT2D eigenvalue weighted by Crippen LogP contribution is -1.84. The van der Waals surface area contributed by atoms with E-state index in [9.17, 15) is 10.1 Å². The lowest BCUT2D eigenvalue weighted by molar-refractivity contribution is -0.445. The van der Waals surface area contributed by atoms with Crippen LogP contribution in [-0.4, -0.2) is 16.9 Å². The van der Waals surface area contributed by atoms with Crippen molar-refractivity contribution >= 4 is 5.69 Å². The molecule has 1 aromatic carbocycles. The Labute approximate surface area is 87.8 Å². The predicted octanol–water partition coefficient (Wildman–Crippen LogP) is 2.51. The summed E-state index contributed by atoms with van der Waals surface area (Å²) in [6.45, 7) is 4.00. The predicted molar refractivity (Wildman–Crippen MR) is 57.4 cm³/mol. The molecule has 0 atom stereocenters. The minimum Gasteiger partial charge on any atom is -0.265 e. The van der Waals surface area contributed by atoms with E-state index in [0.29, 0.717) is 0 Å². The van der Waals surface area contributed by atoms with Gasteiger partial charge in [-0.1, -0.05) is 32.0 Å². The molecule has 0 saturated carbocycles. The highest BCUT2D eigenvalue weighted by Crippen LogP contribution is 2.06. The first kappa shape index (κ1) is 15.5. The van der Waals surface area contributed by atoms with Crippen LogP contribution in [0.15, 0.2) is 30.3 Å². The maximum Gasteiger partial charge on any atom is 0.269 e. The molecule has 0 aliphatic carbocycles. The largest absolute Gasteiger partial charge is 0.269 e. The van der Waals surface area contributed by atoms with Gasteiger partial charge < -0.3 is 0 Å². The van der Waals surface area contributed by atoms with Crippen LogP contribution in [0.5, 0.6) is 0 Å². The van der Waals surface area contributed by atoms with Crippen LogP contribution in [0.25, 0.3) is 0 Å². The van der Waals surface area contributed by atoms with E-state index >= 15 is 0 Å². The smallest absolute Gasteiger partial charge is 0.265 e. The van der Waals surface area contributed by atoms with E-state index in [-0.39, 0.29) is 5.69 Å². The van der Waals surface area contributed by atoms with Gasteiger partial charge in [-0.25, -0.2) is 0 Å². The monoisotopic (exact) mass is 214 g/mol. The van der Waals surface area contributed by atoms with Crippen LogP contribution >= 0.6 is 0 Å². The molecule has 84 valence electrons. The van der Waals surface area contributed by atoms with Gasteiger partial charge in [0.2, 0.25) is 0 Å².